The summed E-state index contributed by atoms with van der Waals surface area (Å²) in [7, 11) is -4.07. The lowest BCUT2D eigenvalue weighted by Crippen LogP contribution is -2.13. The van der Waals surface area contributed by atoms with E-state index in [-0.39, 0.29) is 15.2 Å². The lowest BCUT2D eigenvalue weighted by Gasteiger charge is -2.12. The summed E-state index contributed by atoms with van der Waals surface area (Å²) >= 11 is 6.54. The Kier molecular flexibility index (Phi) is 6.35. The molecular weight excluding hydrogens is 472 g/mol. The van der Waals surface area contributed by atoms with Gasteiger partial charge in [-0.3, -0.25) is 14.8 Å². The Labute approximate surface area is 192 Å². The summed E-state index contributed by atoms with van der Waals surface area (Å²) in [6.07, 6.45) is 0. The third-order valence-electron chi connectivity index (χ3n) is 4.07. The van der Waals surface area contributed by atoms with Gasteiger partial charge in [-0.25, -0.2) is 0 Å². The van der Waals surface area contributed by atoms with Crippen molar-refractivity contribution >= 4 is 49.7 Å². The molecule has 0 bridgehead atoms. The molecule has 0 aliphatic heterocycles. The first kappa shape index (κ1) is 21.8. The highest BCUT2D eigenvalue weighted by Crippen LogP contribution is 2.31. The summed E-state index contributed by atoms with van der Waals surface area (Å²) < 4.78 is 33.6. The quantitative estimate of drug-likeness (QED) is 0.354. The van der Waals surface area contributed by atoms with E-state index in [1.165, 1.54) is 0 Å². The van der Waals surface area contributed by atoms with Crippen LogP contribution in [-0.2, 0) is 10.0 Å². The molecule has 4 aromatic rings. The van der Waals surface area contributed by atoms with Gasteiger partial charge in [0.2, 0.25) is 5.13 Å². The molecule has 0 aliphatic rings. The second-order valence-corrected chi connectivity index (χ2v) is 9.62. The fourth-order valence-corrected chi connectivity index (χ4v) is 4.68. The molecule has 0 radical (unpaired) electrons. The first-order valence-corrected chi connectivity index (χ1v) is 11.8. The maximum atomic E-state index is 12.8. The molecule has 4 rings (SSSR count). The number of rotatable bonds is 7. The van der Waals surface area contributed by atoms with Crippen LogP contribution < -0.4 is 14.8 Å². The third-order valence-corrected chi connectivity index (χ3v) is 6.89. The van der Waals surface area contributed by atoms with E-state index in [9.17, 15) is 13.2 Å². The van der Waals surface area contributed by atoms with Crippen molar-refractivity contribution in [3.05, 3.63) is 89.4 Å². The van der Waals surface area contributed by atoms with E-state index in [2.05, 4.69) is 20.2 Å². The van der Waals surface area contributed by atoms with Gasteiger partial charge in [-0.1, -0.05) is 53.3 Å². The zero-order valence-corrected chi connectivity index (χ0v) is 18.6. The molecule has 0 atom stereocenters. The molecule has 0 fully saturated rings. The molecule has 0 saturated carbocycles. The highest BCUT2D eigenvalue weighted by atomic mass is 35.5. The monoisotopic (exact) mass is 486 g/mol. The van der Waals surface area contributed by atoms with Crippen molar-refractivity contribution in [2.75, 3.05) is 10.0 Å². The van der Waals surface area contributed by atoms with E-state index in [1.807, 2.05) is 18.2 Å². The van der Waals surface area contributed by atoms with E-state index in [4.69, 9.17) is 16.3 Å². The average Bonchev–Trinajstić information content (AvgIpc) is 3.26. The molecule has 0 spiro atoms. The Morgan fingerprint density at radius 2 is 1.59 bits per heavy atom. The fourth-order valence-electron chi connectivity index (χ4n) is 2.58. The SMILES string of the molecule is O=C(Nc1nnc(S(=O)(=O)Nc2ccccc2Oc2ccccc2)s1)c1ccc(Cl)cc1. The van der Waals surface area contributed by atoms with E-state index >= 15 is 0 Å². The number of carbonyl (C=O) groups excluding carboxylic acids is 1. The molecule has 1 amide bonds. The number of para-hydroxylation sites is 3. The highest BCUT2D eigenvalue weighted by molar-refractivity contribution is 7.94. The van der Waals surface area contributed by atoms with Crippen LogP contribution in [-0.4, -0.2) is 24.5 Å². The zero-order chi connectivity index (χ0) is 22.6. The van der Waals surface area contributed by atoms with Gasteiger partial charge >= 0.3 is 0 Å². The normalized spacial score (nSPS) is 11.0. The standard InChI is InChI=1S/C21H15ClN4O4S2/c22-15-12-10-14(11-13-15)19(27)23-20-24-25-21(31-20)32(28,29)26-17-8-4-5-9-18(17)30-16-6-2-1-3-7-16/h1-13,26H,(H,23,24,27). The molecule has 0 saturated heterocycles. The summed E-state index contributed by atoms with van der Waals surface area (Å²) in [5.74, 6) is 0.418. The van der Waals surface area contributed by atoms with Gasteiger partial charge in [0.15, 0.2) is 5.75 Å². The number of carbonyl (C=O) groups is 1. The Bertz CT molecular complexity index is 1340. The lowest BCUT2D eigenvalue weighted by molar-refractivity contribution is 0.102. The van der Waals surface area contributed by atoms with Gasteiger partial charge in [-0.05, 0) is 48.5 Å². The minimum Gasteiger partial charge on any atom is -0.455 e. The molecular formula is C21H15ClN4O4S2. The molecule has 32 heavy (non-hydrogen) atoms. The van der Waals surface area contributed by atoms with Gasteiger partial charge in [0.1, 0.15) is 5.75 Å². The molecule has 0 aliphatic carbocycles. The molecule has 2 N–H and O–H groups in total. The smallest absolute Gasteiger partial charge is 0.291 e. The molecule has 3 aromatic carbocycles. The van der Waals surface area contributed by atoms with Crippen LogP contribution in [0, 0.1) is 0 Å². The summed E-state index contributed by atoms with van der Waals surface area (Å²) in [4.78, 5) is 12.3. The van der Waals surface area contributed by atoms with Crippen molar-refractivity contribution in [2.24, 2.45) is 0 Å². The Morgan fingerprint density at radius 1 is 0.906 bits per heavy atom. The van der Waals surface area contributed by atoms with Crippen LogP contribution in [0.3, 0.4) is 0 Å². The van der Waals surface area contributed by atoms with Crippen LogP contribution >= 0.6 is 22.9 Å². The number of anilines is 2. The minimum atomic E-state index is -4.07. The van der Waals surface area contributed by atoms with Crippen molar-refractivity contribution in [3.63, 3.8) is 0 Å². The van der Waals surface area contributed by atoms with E-state index in [1.54, 1.807) is 60.7 Å². The summed E-state index contributed by atoms with van der Waals surface area (Å²) in [6, 6.07) is 21.8. The maximum absolute atomic E-state index is 12.8. The van der Waals surface area contributed by atoms with Crippen molar-refractivity contribution in [1.82, 2.24) is 10.2 Å². The molecule has 8 nitrogen and oxygen atoms in total. The van der Waals surface area contributed by atoms with Crippen LogP contribution in [0.1, 0.15) is 10.4 Å². The number of benzene rings is 3. The molecule has 11 heteroatoms. The van der Waals surface area contributed by atoms with Gasteiger partial charge < -0.3 is 4.74 Å². The first-order chi connectivity index (χ1) is 15.4. The minimum absolute atomic E-state index is 0.0409. The summed E-state index contributed by atoms with van der Waals surface area (Å²) in [6.45, 7) is 0. The topological polar surface area (TPSA) is 110 Å². The molecule has 0 unspecified atom stereocenters. The second kappa shape index (κ2) is 9.35. The summed E-state index contributed by atoms with van der Waals surface area (Å²) in [5.41, 5.74) is 0.581. The van der Waals surface area contributed by atoms with Crippen LogP contribution in [0.15, 0.2) is 83.2 Å². The third kappa shape index (κ3) is 5.22. The maximum Gasteiger partial charge on any atom is 0.291 e. The number of hydrogen-bond donors (Lipinski definition) is 2. The molecule has 162 valence electrons. The van der Waals surface area contributed by atoms with E-state index in [0.717, 1.165) is 11.3 Å². The largest absolute Gasteiger partial charge is 0.455 e. The number of ether oxygens (including phenoxy) is 1. The van der Waals surface area contributed by atoms with Gasteiger partial charge in [0.05, 0.1) is 5.69 Å². The fraction of sp³-hybridized carbons (Fsp3) is 0. The Morgan fingerprint density at radius 3 is 2.34 bits per heavy atom. The van der Waals surface area contributed by atoms with E-state index in [0.29, 0.717) is 22.1 Å². The van der Waals surface area contributed by atoms with Crippen molar-refractivity contribution < 1.29 is 17.9 Å². The molecule has 1 aromatic heterocycles. The number of aromatic nitrogens is 2. The van der Waals surface area contributed by atoms with Crippen LogP contribution in [0.5, 0.6) is 11.5 Å². The lowest BCUT2D eigenvalue weighted by atomic mass is 10.2. The van der Waals surface area contributed by atoms with Gasteiger partial charge in [-0.2, -0.15) is 8.42 Å². The molecule has 1 heterocycles. The Hall–Kier alpha value is -3.47. The number of sulfonamides is 1. The van der Waals surface area contributed by atoms with Crippen LogP contribution in [0.2, 0.25) is 5.02 Å². The van der Waals surface area contributed by atoms with Gasteiger partial charge in [0.25, 0.3) is 20.3 Å². The van der Waals surface area contributed by atoms with Crippen molar-refractivity contribution in [3.8, 4) is 11.5 Å². The number of nitrogens with one attached hydrogen (secondary N) is 2. The average molecular weight is 487 g/mol. The predicted octanol–water partition coefficient (Wildman–Crippen LogP) is 5.04. The Balaban J connectivity index is 1.50. The van der Waals surface area contributed by atoms with Crippen molar-refractivity contribution in [2.45, 2.75) is 4.34 Å². The first-order valence-electron chi connectivity index (χ1n) is 9.16. The van der Waals surface area contributed by atoms with Crippen molar-refractivity contribution in [1.29, 1.82) is 0 Å². The van der Waals surface area contributed by atoms with Crippen LogP contribution in [0.4, 0.5) is 10.8 Å². The number of hydrogen-bond acceptors (Lipinski definition) is 7. The van der Waals surface area contributed by atoms with Gasteiger partial charge in [0, 0.05) is 10.6 Å². The number of amides is 1. The summed E-state index contributed by atoms with van der Waals surface area (Å²) in [5, 5.41) is 10.5. The van der Waals surface area contributed by atoms with E-state index < -0.39 is 15.9 Å². The second-order valence-electron chi connectivity index (χ2n) is 6.35. The van der Waals surface area contributed by atoms with Gasteiger partial charge in [-0.15, -0.1) is 10.2 Å². The highest BCUT2D eigenvalue weighted by Gasteiger charge is 2.23. The van der Waals surface area contributed by atoms with Crippen LogP contribution in [0.25, 0.3) is 0 Å². The predicted molar refractivity (Wildman–Crippen MR) is 123 cm³/mol. The number of halogens is 1. The zero-order valence-electron chi connectivity index (χ0n) is 16.2. The number of nitrogens with zero attached hydrogens (tertiary/aromatic N) is 2.